The molecule has 1 N–H and O–H groups in total. The zero-order chi connectivity index (χ0) is 13.5. The molecular formula is C12H28N2O2S. The van der Waals surface area contributed by atoms with Crippen LogP contribution in [0.2, 0.25) is 0 Å². The summed E-state index contributed by atoms with van der Waals surface area (Å²) in [5, 5.41) is 2.80. The molecule has 0 spiro atoms. The minimum Gasteiger partial charge on any atom is -0.315 e. The number of rotatable bonds is 9. The van der Waals surface area contributed by atoms with Gasteiger partial charge < -0.3 is 5.32 Å². The van der Waals surface area contributed by atoms with Crippen molar-refractivity contribution in [2.75, 3.05) is 20.1 Å². The molecule has 0 aliphatic rings. The van der Waals surface area contributed by atoms with Crippen molar-refractivity contribution in [3.63, 3.8) is 0 Å². The molecular weight excluding hydrogens is 236 g/mol. The Morgan fingerprint density at radius 3 is 2.12 bits per heavy atom. The Bertz CT molecular complexity index is 287. The summed E-state index contributed by atoms with van der Waals surface area (Å²) in [4.78, 5) is 0. The molecule has 0 aliphatic heterocycles. The molecule has 0 amide bonds. The highest BCUT2D eigenvalue weighted by atomic mass is 32.2. The van der Waals surface area contributed by atoms with Crippen LogP contribution in [-0.2, 0) is 10.0 Å². The normalized spacial score (nSPS) is 14.5. The number of sulfonamides is 1. The van der Waals surface area contributed by atoms with Crippen molar-refractivity contribution >= 4 is 10.0 Å². The zero-order valence-electron chi connectivity index (χ0n) is 11.9. The van der Waals surface area contributed by atoms with Crippen molar-refractivity contribution in [2.24, 2.45) is 0 Å². The summed E-state index contributed by atoms with van der Waals surface area (Å²) in [6, 6.07) is 0.119. The van der Waals surface area contributed by atoms with E-state index in [2.05, 4.69) is 12.2 Å². The SMILES string of the molecule is CCCNCC(C)S(=O)(=O)N(C)C(CC)CC. The van der Waals surface area contributed by atoms with Gasteiger partial charge in [0, 0.05) is 19.6 Å². The molecule has 1 unspecified atom stereocenters. The molecule has 0 saturated carbocycles. The summed E-state index contributed by atoms with van der Waals surface area (Å²) in [5.41, 5.74) is 0. The molecule has 0 aromatic rings. The Labute approximate surface area is 107 Å². The van der Waals surface area contributed by atoms with Gasteiger partial charge in [-0.25, -0.2) is 12.7 Å². The second kappa shape index (κ2) is 8.06. The maximum atomic E-state index is 12.3. The maximum Gasteiger partial charge on any atom is 0.217 e. The maximum absolute atomic E-state index is 12.3. The fourth-order valence-electron chi connectivity index (χ4n) is 1.88. The summed E-state index contributed by atoms with van der Waals surface area (Å²) in [7, 11) is -1.47. The zero-order valence-corrected chi connectivity index (χ0v) is 12.7. The van der Waals surface area contributed by atoms with Gasteiger partial charge in [0.05, 0.1) is 5.25 Å². The topological polar surface area (TPSA) is 49.4 Å². The monoisotopic (exact) mass is 264 g/mol. The smallest absolute Gasteiger partial charge is 0.217 e. The lowest BCUT2D eigenvalue weighted by atomic mass is 10.2. The molecule has 0 heterocycles. The van der Waals surface area contributed by atoms with Crippen LogP contribution in [-0.4, -0.2) is 44.2 Å². The lowest BCUT2D eigenvalue weighted by Crippen LogP contribution is -2.44. The van der Waals surface area contributed by atoms with Crippen molar-refractivity contribution in [3.05, 3.63) is 0 Å². The Kier molecular flexibility index (Phi) is 8.00. The highest BCUT2D eigenvalue weighted by Gasteiger charge is 2.29. The molecule has 0 aromatic carbocycles. The number of nitrogens with one attached hydrogen (secondary N) is 1. The Hall–Kier alpha value is -0.130. The molecule has 0 fully saturated rings. The predicted octanol–water partition coefficient (Wildman–Crippen LogP) is 1.82. The number of nitrogens with zero attached hydrogens (tertiary/aromatic N) is 1. The van der Waals surface area contributed by atoms with Gasteiger partial charge in [0.25, 0.3) is 0 Å². The summed E-state index contributed by atoms with van der Waals surface area (Å²) < 4.78 is 26.1. The van der Waals surface area contributed by atoms with Crippen LogP contribution in [0.4, 0.5) is 0 Å². The predicted molar refractivity (Wildman–Crippen MR) is 73.7 cm³/mol. The van der Waals surface area contributed by atoms with E-state index in [4.69, 9.17) is 0 Å². The van der Waals surface area contributed by atoms with Crippen LogP contribution in [0.5, 0.6) is 0 Å². The van der Waals surface area contributed by atoms with Crippen molar-refractivity contribution in [3.8, 4) is 0 Å². The van der Waals surface area contributed by atoms with Gasteiger partial charge in [0.1, 0.15) is 0 Å². The minimum atomic E-state index is -3.17. The molecule has 0 radical (unpaired) electrons. The second-order valence-corrected chi connectivity index (χ2v) is 6.96. The van der Waals surface area contributed by atoms with Gasteiger partial charge in [0.2, 0.25) is 10.0 Å². The first-order valence-corrected chi connectivity index (χ1v) is 8.09. The first-order chi connectivity index (χ1) is 7.91. The molecule has 0 saturated heterocycles. The lowest BCUT2D eigenvalue weighted by Gasteiger charge is -2.28. The van der Waals surface area contributed by atoms with Gasteiger partial charge in [-0.3, -0.25) is 0 Å². The number of hydrogen-bond donors (Lipinski definition) is 1. The third-order valence-corrected chi connectivity index (χ3v) is 5.51. The molecule has 0 rings (SSSR count). The highest BCUT2D eigenvalue weighted by molar-refractivity contribution is 7.89. The second-order valence-electron chi connectivity index (χ2n) is 4.55. The van der Waals surface area contributed by atoms with Gasteiger partial charge in [-0.2, -0.15) is 0 Å². The largest absolute Gasteiger partial charge is 0.315 e. The molecule has 0 aliphatic carbocycles. The Morgan fingerprint density at radius 1 is 1.18 bits per heavy atom. The quantitative estimate of drug-likeness (QED) is 0.646. The van der Waals surface area contributed by atoms with E-state index in [9.17, 15) is 8.42 Å². The molecule has 0 bridgehead atoms. The summed E-state index contributed by atoms with van der Waals surface area (Å²) >= 11 is 0. The van der Waals surface area contributed by atoms with Gasteiger partial charge >= 0.3 is 0 Å². The molecule has 104 valence electrons. The fourth-order valence-corrected chi connectivity index (χ4v) is 3.49. The third-order valence-electron chi connectivity index (χ3n) is 3.23. The molecule has 4 nitrogen and oxygen atoms in total. The van der Waals surface area contributed by atoms with Crippen molar-refractivity contribution in [2.45, 2.75) is 58.2 Å². The van der Waals surface area contributed by atoms with Crippen LogP contribution in [0.1, 0.15) is 47.0 Å². The molecule has 5 heteroatoms. The van der Waals surface area contributed by atoms with Crippen LogP contribution < -0.4 is 5.32 Å². The van der Waals surface area contributed by atoms with E-state index in [0.29, 0.717) is 6.54 Å². The van der Waals surface area contributed by atoms with Crippen molar-refractivity contribution in [1.82, 2.24) is 9.62 Å². The van der Waals surface area contributed by atoms with Crippen molar-refractivity contribution in [1.29, 1.82) is 0 Å². The van der Waals surface area contributed by atoms with Gasteiger partial charge in [-0.15, -0.1) is 0 Å². The van der Waals surface area contributed by atoms with E-state index in [1.807, 2.05) is 13.8 Å². The average molecular weight is 264 g/mol. The Morgan fingerprint density at radius 2 is 1.71 bits per heavy atom. The van der Waals surface area contributed by atoms with Crippen molar-refractivity contribution < 1.29 is 8.42 Å². The van der Waals surface area contributed by atoms with Crippen LogP contribution in [0.25, 0.3) is 0 Å². The summed E-state index contributed by atoms with van der Waals surface area (Å²) in [6.45, 7) is 9.30. The van der Waals surface area contributed by atoms with Gasteiger partial charge in [-0.1, -0.05) is 20.8 Å². The van der Waals surface area contributed by atoms with Gasteiger partial charge in [-0.05, 0) is 32.7 Å². The van der Waals surface area contributed by atoms with E-state index in [-0.39, 0.29) is 11.3 Å². The Balaban J connectivity index is 4.53. The minimum absolute atomic E-state index is 0.119. The first kappa shape index (κ1) is 16.9. The summed E-state index contributed by atoms with van der Waals surface area (Å²) in [6.07, 6.45) is 2.75. The van der Waals surface area contributed by atoms with Crippen LogP contribution >= 0.6 is 0 Å². The fraction of sp³-hybridized carbons (Fsp3) is 1.00. The van der Waals surface area contributed by atoms with E-state index in [0.717, 1.165) is 25.8 Å². The summed E-state index contributed by atoms with van der Waals surface area (Å²) in [5.74, 6) is 0. The van der Waals surface area contributed by atoms with Crippen LogP contribution in [0.15, 0.2) is 0 Å². The van der Waals surface area contributed by atoms with E-state index < -0.39 is 10.0 Å². The average Bonchev–Trinajstić information content (AvgIpc) is 2.30. The third kappa shape index (κ3) is 4.94. The highest BCUT2D eigenvalue weighted by Crippen LogP contribution is 2.15. The molecule has 0 aromatic heterocycles. The van der Waals surface area contributed by atoms with E-state index in [1.165, 1.54) is 0 Å². The molecule has 17 heavy (non-hydrogen) atoms. The standard InChI is InChI=1S/C12H28N2O2S/c1-6-9-13-10-11(4)17(15,16)14(5)12(7-2)8-3/h11-13H,6-10H2,1-5H3. The van der Waals surface area contributed by atoms with E-state index in [1.54, 1.807) is 18.3 Å². The van der Waals surface area contributed by atoms with Crippen LogP contribution in [0, 0.1) is 0 Å². The lowest BCUT2D eigenvalue weighted by molar-refractivity contribution is 0.345. The van der Waals surface area contributed by atoms with E-state index >= 15 is 0 Å². The first-order valence-electron chi connectivity index (χ1n) is 6.59. The molecule has 1 atom stereocenters. The van der Waals surface area contributed by atoms with Crippen LogP contribution in [0.3, 0.4) is 0 Å². The number of hydrogen-bond acceptors (Lipinski definition) is 3. The van der Waals surface area contributed by atoms with Gasteiger partial charge in [0.15, 0.2) is 0 Å².